The molecule has 0 atom stereocenters. The Morgan fingerprint density at radius 3 is 2.80 bits per heavy atom. The van der Waals surface area contributed by atoms with Crippen LogP contribution in [0.4, 0.5) is 0 Å². The second kappa shape index (κ2) is 7.88. The Morgan fingerprint density at radius 2 is 2.08 bits per heavy atom. The first kappa shape index (κ1) is 17.8. The molecule has 0 aliphatic heterocycles. The van der Waals surface area contributed by atoms with E-state index >= 15 is 0 Å². The van der Waals surface area contributed by atoms with Gasteiger partial charge in [0.25, 0.3) is 0 Å². The Morgan fingerprint density at radius 1 is 1.32 bits per heavy atom. The van der Waals surface area contributed by atoms with Crippen molar-refractivity contribution in [2.75, 3.05) is 12.8 Å². The topological polar surface area (TPSA) is 57.0 Å². The summed E-state index contributed by atoms with van der Waals surface area (Å²) < 4.78 is 0. The van der Waals surface area contributed by atoms with E-state index in [4.69, 9.17) is 0 Å². The summed E-state index contributed by atoms with van der Waals surface area (Å²) in [5.41, 5.74) is 2.54. The van der Waals surface area contributed by atoms with Crippen LogP contribution in [0.5, 0.6) is 0 Å². The number of aryl methyl sites for hydroxylation is 1. The number of benzene rings is 1. The monoisotopic (exact) mass is 353 g/mol. The molecule has 4 nitrogen and oxygen atoms in total. The van der Waals surface area contributed by atoms with Crippen molar-refractivity contribution in [2.24, 2.45) is 0 Å². The van der Waals surface area contributed by atoms with Gasteiger partial charge in [-0.3, -0.25) is 4.79 Å². The maximum atomic E-state index is 12.5. The molecule has 2 aromatic rings. The van der Waals surface area contributed by atoms with Gasteiger partial charge >= 0.3 is 0 Å². The summed E-state index contributed by atoms with van der Waals surface area (Å²) in [6, 6.07) is 10.5. The molecule has 1 fully saturated rings. The van der Waals surface area contributed by atoms with Crippen molar-refractivity contribution < 1.29 is 4.79 Å². The van der Waals surface area contributed by atoms with Gasteiger partial charge in [0.2, 0.25) is 5.91 Å². The SMILES string of the molecule is Cc1ccc2nc(SCC(=O)N(C)C3CCCCC3)c(C#N)cc2c1. The normalized spacial score (nSPS) is 15.1. The molecular formula is C20H23N3OS. The van der Waals surface area contributed by atoms with Crippen LogP contribution in [-0.4, -0.2) is 34.6 Å². The van der Waals surface area contributed by atoms with E-state index in [1.807, 2.05) is 43.1 Å². The number of rotatable bonds is 4. The van der Waals surface area contributed by atoms with Crippen LogP contribution < -0.4 is 0 Å². The number of carbonyl (C=O) groups excluding carboxylic acids is 1. The van der Waals surface area contributed by atoms with Gasteiger partial charge in [0.05, 0.1) is 16.8 Å². The van der Waals surface area contributed by atoms with Gasteiger partial charge in [0.15, 0.2) is 0 Å². The molecular weight excluding hydrogens is 330 g/mol. The molecule has 0 N–H and O–H groups in total. The van der Waals surface area contributed by atoms with E-state index in [0.29, 0.717) is 22.4 Å². The van der Waals surface area contributed by atoms with Crippen LogP contribution in [0.2, 0.25) is 0 Å². The van der Waals surface area contributed by atoms with Crippen LogP contribution >= 0.6 is 11.8 Å². The Hall–Kier alpha value is -2.06. The van der Waals surface area contributed by atoms with Gasteiger partial charge in [-0.05, 0) is 38.0 Å². The van der Waals surface area contributed by atoms with Crippen molar-refractivity contribution >= 4 is 28.6 Å². The van der Waals surface area contributed by atoms with E-state index < -0.39 is 0 Å². The van der Waals surface area contributed by atoms with Crippen LogP contribution in [0.1, 0.15) is 43.2 Å². The highest BCUT2D eigenvalue weighted by Gasteiger charge is 2.22. The van der Waals surface area contributed by atoms with Crippen molar-refractivity contribution in [1.82, 2.24) is 9.88 Å². The third-order valence-corrected chi connectivity index (χ3v) is 5.88. The minimum absolute atomic E-state index is 0.117. The fraction of sp³-hybridized carbons (Fsp3) is 0.450. The number of nitrogens with zero attached hydrogens (tertiary/aromatic N) is 3. The predicted octanol–water partition coefficient (Wildman–Crippen LogP) is 4.30. The van der Waals surface area contributed by atoms with Gasteiger partial charge < -0.3 is 4.90 Å². The van der Waals surface area contributed by atoms with E-state index in [9.17, 15) is 10.1 Å². The summed E-state index contributed by atoms with van der Waals surface area (Å²) in [5.74, 6) is 0.443. The van der Waals surface area contributed by atoms with Crippen molar-refractivity contribution in [2.45, 2.75) is 50.1 Å². The molecule has 0 spiro atoms. The van der Waals surface area contributed by atoms with Crippen LogP contribution in [0.25, 0.3) is 10.9 Å². The van der Waals surface area contributed by atoms with Crippen molar-refractivity contribution in [3.63, 3.8) is 0 Å². The summed E-state index contributed by atoms with van der Waals surface area (Å²) in [7, 11) is 1.90. The highest BCUT2D eigenvalue weighted by atomic mass is 32.2. The molecule has 1 heterocycles. The lowest BCUT2D eigenvalue weighted by atomic mass is 9.94. The highest BCUT2D eigenvalue weighted by Crippen LogP contribution is 2.27. The molecule has 1 saturated carbocycles. The zero-order valence-corrected chi connectivity index (χ0v) is 15.6. The third-order valence-electron chi connectivity index (χ3n) is 4.90. The number of hydrogen-bond acceptors (Lipinski definition) is 4. The number of fused-ring (bicyclic) bond motifs is 1. The first-order chi connectivity index (χ1) is 12.1. The van der Waals surface area contributed by atoms with E-state index in [-0.39, 0.29) is 5.91 Å². The summed E-state index contributed by atoms with van der Waals surface area (Å²) in [4.78, 5) is 19.0. The van der Waals surface area contributed by atoms with Crippen molar-refractivity contribution in [3.05, 3.63) is 35.4 Å². The second-order valence-electron chi connectivity index (χ2n) is 6.73. The number of amides is 1. The molecule has 0 saturated heterocycles. The average molecular weight is 353 g/mol. The average Bonchev–Trinajstić information content (AvgIpc) is 2.65. The van der Waals surface area contributed by atoms with Gasteiger partial charge in [-0.25, -0.2) is 4.98 Å². The first-order valence-corrected chi connectivity index (χ1v) is 9.77. The summed E-state index contributed by atoms with van der Waals surface area (Å²) in [5, 5.41) is 11.0. The van der Waals surface area contributed by atoms with E-state index in [0.717, 1.165) is 29.3 Å². The number of pyridine rings is 1. The molecule has 1 aliphatic carbocycles. The van der Waals surface area contributed by atoms with E-state index in [1.54, 1.807) is 0 Å². The summed E-state index contributed by atoms with van der Waals surface area (Å²) >= 11 is 1.37. The largest absolute Gasteiger partial charge is 0.342 e. The fourth-order valence-electron chi connectivity index (χ4n) is 3.37. The van der Waals surface area contributed by atoms with Gasteiger partial charge in [-0.2, -0.15) is 5.26 Å². The Balaban J connectivity index is 1.72. The molecule has 5 heteroatoms. The van der Waals surface area contributed by atoms with Crippen molar-refractivity contribution in [3.8, 4) is 6.07 Å². The molecule has 1 aromatic carbocycles. The standard InChI is InChI=1S/C20H23N3OS/c1-14-8-9-18-15(10-14)11-16(12-21)20(22-18)25-13-19(24)23(2)17-6-4-3-5-7-17/h8-11,17H,3-7,13H2,1-2H3. The number of aromatic nitrogens is 1. The zero-order chi connectivity index (χ0) is 17.8. The molecule has 0 bridgehead atoms. The molecule has 3 rings (SSSR count). The molecule has 0 unspecified atom stereocenters. The van der Waals surface area contributed by atoms with E-state index in [2.05, 4.69) is 11.1 Å². The minimum Gasteiger partial charge on any atom is -0.342 e. The number of carbonyl (C=O) groups is 1. The molecule has 1 aliphatic rings. The van der Waals surface area contributed by atoms with Crippen LogP contribution in [0, 0.1) is 18.3 Å². The van der Waals surface area contributed by atoms with Crippen LogP contribution in [0.15, 0.2) is 29.3 Å². The van der Waals surface area contributed by atoms with Crippen molar-refractivity contribution in [1.29, 1.82) is 5.26 Å². The van der Waals surface area contributed by atoms with Gasteiger partial charge in [-0.15, -0.1) is 0 Å². The summed E-state index contributed by atoms with van der Waals surface area (Å²) in [6.07, 6.45) is 5.90. The smallest absolute Gasteiger partial charge is 0.232 e. The third kappa shape index (κ3) is 4.13. The minimum atomic E-state index is 0.117. The molecule has 25 heavy (non-hydrogen) atoms. The lowest BCUT2D eigenvalue weighted by Crippen LogP contribution is -2.39. The molecule has 1 amide bonds. The number of nitriles is 1. The van der Waals surface area contributed by atoms with Gasteiger partial charge in [0, 0.05) is 18.5 Å². The van der Waals surface area contributed by atoms with Crippen LogP contribution in [-0.2, 0) is 4.79 Å². The fourth-order valence-corrected chi connectivity index (χ4v) is 4.26. The maximum absolute atomic E-state index is 12.5. The second-order valence-corrected chi connectivity index (χ2v) is 7.70. The van der Waals surface area contributed by atoms with Gasteiger partial charge in [-0.1, -0.05) is 42.7 Å². The molecule has 1 aromatic heterocycles. The summed E-state index contributed by atoms with van der Waals surface area (Å²) in [6.45, 7) is 2.02. The molecule has 130 valence electrons. The Bertz CT molecular complexity index is 822. The number of thioether (sulfide) groups is 1. The quantitative estimate of drug-likeness (QED) is 0.769. The lowest BCUT2D eigenvalue weighted by Gasteiger charge is -2.31. The highest BCUT2D eigenvalue weighted by molar-refractivity contribution is 8.00. The first-order valence-electron chi connectivity index (χ1n) is 8.78. The predicted molar refractivity (Wildman–Crippen MR) is 102 cm³/mol. The van der Waals surface area contributed by atoms with E-state index in [1.165, 1.54) is 31.0 Å². The Labute approximate surface area is 153 Å². The van der Waals surface area contributed by atoms with Crippen LogP contribution in [0.3, 0.4) is 0 Å². The molecule has 0 radical (unpaired) electrons. The zero-order valence-electron chi connectivity index (χ0n) is 14.8. The maximum Gasteiger partial charge on any atom is 0.232 e. The lowest BCUT2D eigenvalue weighted by molar-refractivity contribution is -0.129. The van der Waals surface area contributed by atoms with Gasteiger partial charge in [0.1, 0.15) is 11.1 Å². The number of hydrogen-bond donors (Lipinski definition) is 0. The Kier molecular flexibility index (Phi) is 5.60.